The van der Waals surface area contributed by atoms with Gasteiger partial charge in [-0.15, -0.1) is 0 Å². The maximum absolute atomic E-state index is 10.9. The van der Waals surface area contributed by atoms with E-state index in [1.807, 2.05) is 0 Å². The van der Waals surface area contributed by atoms with E-state index in [0.29, 0.717) is 13.1 Å². The first-order valence-electron chi connectivity index (χ1n) is 3.34. The van der Waals surface area contributed by atoms with Gasteiger partial charge in [-0.1, -0.05) is 17.7 Å². The van der Waals surface area contributed by atoms with Crippen molar-refractivity contribution < 1.29 is 4.79 Å². The Bertz CT molecular complexity index is 145. The largest absolute Gasteiger partial charge is 0.348 e. The third-order valence-corrected chi connectivity index (χ3v) is 1.30. The number of hydrogen-bond donors (Lipinski definition) is 1. The summed E-state index contributed by atoms with van der Waals surface area (Å²) in [6.07, 6.45) is 1.74. The van der Waals surface area contributed by atoms with Crippen molar-refractivity contribution in [2.24, 2.45) is 0 Å². The van der Waals surface area contributed by atoms with Crippen LogP contribution in [0.25, 0.3) is 0 Å². The molecule has 64 valence electrons. The van der Waals surface area contributed by atoms with E-state index in [2.05, 4.69) is 5.32 Å². The fraction of sp³-hybridized carbons (Fsp3) is 0.571. The Hall–Kier alpha value is -0.540. The van der Waals surface area contributed by atoms with Crippen molar-refractivity contribution in [1.29, 1.82) is 0 Å². The molecule has 4 heteroatoms. The molecule has 0 aromatic rings. The van der Waals surface area contributed by atoms with Crippen molar-refractivity contribution in [1.82, 2.24) is 10.2 Å². The molecule has 1 amide bonds. The van der Waals surface area contributed by atoms with Gasteiger partial charge in [-0.25, -0.2) is 0 Å². The number of carbonyl (C=O) groups excluding carboxylic acids is 1. The van der Waals surface area contributed by atoms with Crippen molar-refractivity contribution >= 4 is 17.5 Å². The average Bonchev–Trinajstić information content (AvgIpc) is 1.97. The summed E-state index contributed by atoms with van der Waals surface area (Å²) in [4.78, 5) is 12.5. The molecule has 0 aromatic carbocycles. The lowest BCUT2D eigenvalue weighted by Gasteiger charge is -2.09. The standard InChI is InChI=1S/C7H13ClN2O/c1-10(2)7(11)6-9-5-3-4-8/h3-4,9H,5-6H2,1-2H3/b4-3+. The van der Waals surface area contributed by atoms with Crippen LogP contribution in [0.3, 0.4) is 0 Å². The molecule has 0 aliphatic heterocycles. The molecule has 0 rings (SSSR count). The van der Waals surface area contributed by atoms with Crippen LogP contribution in [-0.4, -0.2) is 38.0 Å². The van der Waals surface area contributed by atoms with Gasteiger partial charge in [-0.2, -0.15) is 0 Å². The molecule has 1 N–H and O–H groups in total. The quantitative estimate of drug-likeness (QED) is 0.630. The van der Waals surface area contributed by atoms with Gasteiger partial charge in [0.15, 0.2) is 0 Å². The van der Waals surface area contributed by atoms with Gasteiger partial charge in [0.05, 0.1) is 6.54 Å². The molecule has 0 atom stereocenters. The number of nitrogens with one attached hydrogen (secondary N) is 1. The first kappa shape index (κ1) is 10.5. The van der Waals surface area contributed by atoms with E-state index >= 15 is 0 Å². The summed E-state index contributed by atoms with van der Waals surface area (Å²) in [5.41, 5.74) is 1.42. The van der Waals surface area contributed by atoms with Gasteiger partial charge in [-0.05, 0) is 0 Å². The normalized spacial score (nSPS) is 10.5. The first-order chi connectivity index (χ1) is 5.18. The highest BCUT2D eigenvalue weighted by atomic mass is 35.5. The molecular formula is C7H13ClN2O. The maximum Gasteiger partial charge on any atom is 0.236 e. The SMILES string of the molecule is CN(C)C(=O)CNC/C=C/Cl. The Kier molecular flexibility index (Phi) is 5.88. The molecule has 0 unspecified atom stereocenters. The van der Waals surface area contributed by atoms with Crippen molar-refractivity contribution in [3.8, 4) is 0 Å². The molecule has 0 heterocycles. The summed E-state index contributed by atoms with van der Waals surface area (Å²) >= 11 is 5.26. The summed E-state index contributed by atoms with van der Waals surface area (Å²) < 4.78 is 0. The summed E-state index contributed by atoms with van der Waals surface area (Å²) in [5.74, 6) is 0.0629. The minimum absolute atomic E-state index is 0.0629. The highest BCUT2D eigenvalue weighted by molar-refractivity contribution is 6.25. The van der Waals surface area contributed by atoms with Crippen molar-refractivity contribution in [2.75, 3.05) is 27.2 Å². The summed E-state index contributed by atoms with van der Waals surface area (Å²) in [6.45, 7) is 0.983. The number of amides is 1. The van der Waals surface area contributed by atoms with Crippen LogP contribution in [0.5, 0.6) is 0 Å². The number of carbonyl (C=O) groups is 1. The molecule has 0 aromatic heterocycles. The monoisotopic (exact) mass is 176 g/mol. The van der Waals surface area contributed by atoms with E-state index in [1.54, 1.807) is 20.2 Å². The Morgan fingerprint density at radius 3 is 2.73 bits per heavy atom. The van der Waals surface area contributed by atoms with Gasteiger partial charge in [0, 0.05) is 26.2 Å². The molecule has 0 fully saturated rings. The Labute approximate surface area is 72.0 Å². The Morgan fingerprint density at radius 2 is 2.27 bits per heavy atom. The van der Waals surface area contributed by atoms with Crippen molar-refractivity contribution in [3.63, 3.8) is 0 Å². The third kappa shape index (κ3) is 5.88. The van der Waals surface area contributed by atoms with Crippen molar-refractivity contribution in [2.45, 2.75) is 0 Å². The molecule has 0 saturated carbocycles. The first-order valence-corrected chi connectivity index (χ1v) is 3.78. The van der Waals surface area contributed by atoms with Gasteiger partial charge in [-0.3, -0.25) is 4.79 Å². The molecule has 11 heavy (non-hydrogen) atoms. The van der Waals surface area contributed by atoms with E-state index in [0.717, 1.165) is 0 Å². The summed E-state index contributed by atoms with van der Waals surface area (Å²) in [6, 6.07) is 0. The van der Waals surface area contributed by atoms with Crippen LogP contribution in [0.4, 0.5) is 0 Å². The van der Waals surface area contributed by atoms with E-state index in [9.17, 15) is 4.79 Å². The highest BCUT2D eigenvalue weighted by Crippen LogP contribution is 1.77. The van der Waals surface area contributed by atoms with Gasteiger partial charge in [0.25, 0.3) is 0 Å². The average molecular weight is 177 g/mol. The fourth-order valence-electron chi connectivity index (χ4n) is 0.465. The van der Waals surface area contributed by atoms with Gasteiger partial charge in [0.2, 0.25) is 5.91 Å². The molecule has 0 aliphatic rings. The van der Waals surface area contributed by atoms with E-state index in [-0.39, 0.29) is 5.91 Å². The summed E-state index contributed by atoms with van der Waals surface area (Å²) in [7, 11) is 3.45. The van der Waals surface area contributed by atoms with Crippen LogP contribution in [0.1, 0.15) is 0 Å². The van der Waals surface area contributed by atoms with Crippen LogP contribution in [0, 0.1) is 0 Å². The van der Waals surface area contributed by atoms with Crippen LogP contribution >= 0.6 is 11.6 Å². The smallest absolute Gasteiger partial charge is 0.236 e. The molecule has 0 radical (unpaired) electrons. The molecule has 0 bridgehead atoms. The predicted octanol–water partition coefficient (Wildman–Crippen LogP) is 0.417. The minimum Gasteiger partial charge on any atom is -0.348 e. The van der Waals surface area contributed by atoms with Gasteiger partial charge in [0.1, 0.15) is 0 Å². The van der Waals surface area contributed by atoms with E-state index in [4.69, 9.17) is 11.6 Å². The lowest BCUT2D eigenvalue weighted by molar-refractivity contribution is -0.127. The zero-order chi connectivity index (χ0) is 8.69. The fourth-order valence-corrected chi connectivity index (χ4v) is 0.554. The van der Waals surface area contributed by atoms with Gasteiger partial charge >= 0.3 is 0 Å². The van der Waals surface area contributed by atoms with Crippen LogP contribution < -0.4 is 5.32 Å². The number of nitrogens with zero attached hydrogens (tertiary/aromatic N) is 1. The molecule has 0 spiro atoms. The lowest BCUT2D eigenvalue weighted by Crippen LogP contribution is -2.32. The predicted molar refractivity (Wildman–Crippen MR) is 46.6 cm³/mol. The maximum atomic E-state index is 10.9. The van der Waals surface area contributed by atoms with Crippen molar-refractivity contribution in [3.05, 3.63) is 11.6 Å². The zero-order valence-corrected chi connectivity index (χ0v) is 7.56. The number of halogens is 1. The number of likely N-dealkylation sites (N-methyl/N-ethyl adjacent to an activating group) is 1. The number of rotatable bonds is 4. The second-order valence-electron chi connectivity index (χ2n) is 2.28. The van der Waals surface area contributed by atoms with Crippen LogP contribution in [0.15, 0.2) is 11.6 Å². The molecule has 0 aliphatic carbocycles. The highest BCUT2D eigenvalue weighted by Gasteiger charge is 1.99. The molecule has 3 nitrogen and oxygen atoms in total. The second-order valence-corrected chi connectivity index (χ2v) is 2.53. The van der Waals surface area contributed by atoms with E-state index < -0.39 is 0 Å². The van der Waals surface area contributed by atoms with Gasteiger partial charge < -0.3 is 10.2 Å². The molecular weight excluding hydrogens is 164 g/mol. The minimum atomic E-state index is 0.0629. The van der Waals surface area contributed by atoms with Crippen LogP contribution in [0.2, 0.25) is 0 Å². The third-order valence-electron chi connectivity index (χ3n) is 1.13. The van der Waals surface area contributed by atoms with Crippen LogP contribution in [-0.2, 0) is 4.79 Å². The second kappa shape index (κ2) is 6.19. The number of hydrogen-bond acceptors (Lipinski definition) is 2. The topological polar surface area (TPSA) is 32.3 Å². The Balaban J connectivity index is 3.32. The Morgan fingerprint density at radius 1 is 1.64 bits per heavy atom. The van der Waals surface area contributed by atoms with E-state index in [1.165, 1.54) is 10.4 Å². The molecule has 0 saturated heterocycles. The zero-order valence-electron chi connectivity index (χ0n) is 6.80. The lowest BCUT2D eigenvalue weighted by atomic mass is 10.5. The summed E-state index contributed by atoms with van der Waals surface area (Å²) in [5, 5.41) is 2.90.